The van der Waals surface area contributed by atoms with Crippen molar-refractivity contribution in [3.8, 4) is 0 Å². The summed E-state index contributed by atoms with van der Waals surface area (Å²) in [7, 11) is -1.23. The Kier molecular flexibility index (Phi) is 5.90. The number of hydrogen-bond acceptors (Lipinski definition) is 4. The van der Waals surface area contributed by atoms with Crippen LogP contribution in [0.3, 0.4) is 0 Å². The minimum absolute atomic E-state index is 0. The molecule has 2 aromatic rings. The Morgan fingerprint density at radius 3 is 2.83 bits per heavy atom. The fraction of sp³-hybridized carbons (Fsp3) is 0.400. The number of nitrogens with one attached hydrogen (secondary N) is 2. The first kappa shape index (κ1) is 18.1. The van der Waals surface area contributed by atoms with Crippen LogP contribution in [0.4, 0.5) is 0 Å². The lowest BCUT2D eigenvalue weighted by Gasteiger charge is -2.15. The van der Waals surface area contributed by atoms with E-state index in [1.54, 1.807) is 7.05 Å². The Morgan fingerprint density at radius 2 is 2.17 bits per heavy atom. The molecule has 2 N–H and O–H groups in total. The largest absolute Gasteiger partial charge is 0.459 e. The smallest absolute Gasteiger partial charge is 0.191 e. The van der Waals surface area contributed by atoms with Crippen molar-refractivity contribution in [1.82, 2.24) is 10.6 Å². The van der Waals surface area contributed by atoms with Crippen LogP contribution >= 0.6 is 24.0 Å². The predicted molar refractivity (Wildman–Crippen MR) is 102 cm³/mol. The quantitative estimate of drug-likeness (QED) is 0.425. The van der Waals surface area contributed by atoms with Crippen LogP contribution in [0.5, 0.6) is 0 Å². The molecule has 1 fully saturated rings. The molecule has 1 aliphatic heterocycles. The molecule has 1 aromatic heterocycles. The van der Waals surface area contributed by atoms with Gasteiger partial charge in [0.1, 0.15) is 11.3 Å². The fourth-order valence-electron chi connectivity index (χ4n) is 2.59. The summed E-state index contributed by atoms with van der Waals surface area (Å²) < 4.78 is 28.7. The first-order valence-corrected chi connectivity index (χ1v) is 9.03. The van der Waals surface area contributed by atoms with Gasteiger partial charge in [0.15, 0.2) is 15.8 Å². The maximum Gasteiger partial charge on any atom is 0.191 e. The molecule has 1 unspecified atom stereocenters. The second-order valence-corrected chi connectivity index (χ2v) is 7.65. The van der Waals surface area contributed by atoms with Crippen molar-refractivity contribution in [2.24, 2.45) is 4.99 Å². The van der Waals surface area contributed by atoms with Gasteiger partial charge in [0, 0.05) is 18.5 Å². The molecule has 1 aliphatic rings. The van der Waals surface area contributed by atoms with E-state index >= 15 is 0 Å². The Balaban J connectivity index is 0.00000192. The zero-order chi connectivity index (χ0) is 15.6. The third kappa shape index (κ3) is 4.60. The predicted octanol–water partition coefficient (Wildman–Crippen LogP) is 1.90. The first-order chi connectivity index (χ1) is 10.6. The van der Waals surface area contributed by atoms with E-state index in [1.807, 2.05) is 30.3 Å². The van der Waals surface area contributed by atoms with Gasteiger partial charge in [0.25, 0.3) is 0 Å². The van der Waals surface area contributed by atoms with Gasteiger partial charge < -0.3 is 15.1 Å². The highest BCUT2D eigenvalue weighted by atomic mass is 127. The minimum atomic E-state index is -2.90. The molecule has 0 radical (unpaired) electrons. The third-order valence-electron chi connectivity index (χ3n) is 3.70. The van der Waals surface area contributed by atoms with Crippen molar-refractivity contribution in [2.45, 2.75) is 19.0 Å². The van der Waals surface area contributed by atoms with Gasteiger partial charge in [-0.2, -0.15) is 0 Å². The average molecular weight is 449 g/mol. The number of furan rings is 1. The normalized spacial score (nSPS) is 20.2. The van der Waals surface area contributed by atoms with Crippen molar-refractivity contribution in [1.29, 1.82) is 0 Å². The molecule has 8 heteroatoms. The molecule has 2 heterocycles. The molecule has 0 spiro atoms. The van der Waals surface area contributed by atoms with E-state index < -0.39 is 9.84 Å². The molecule has 1 aromatic carbocycles. The number of benzene rings is 1. The van der Waals surface area contributed by atoms with Gasteiger partial charge in [-0.05, 0) is 18.6 Å². The molecule has 126 valence electrons. The van der Waals surface area contributed by atoms with Crippen LogP contribution in [0.2, 0.25) is 0 Å². The summed E-state index contributed by atoms with van der Waals surface area (Å²) in [6.45, 7) is 0.494. The van der Waals surface area contributed by atoms with Gasteiger partial charge in [-0.3, -0.25) is 4.99 Å². The van der Waals surface area contributed by atoms with Gasteiger partial charge in [-0.15, -0.1) is 24.0 Å². The highest BCUT2D eigenvalue weighted by molar-refractivity contribution is 14.0. The Labute approximate surface area is 152 Å². The zero-order valence-corrected chi connectivity index (χ0v) is 15.9. The highest BCUT2D eigenvalue weighted by Crippen LogP contribution is 2.18. The van der Waals surface area contributed by atoms with E-state index in [0.29, 0.717) is 18.9 Å². The SMILES string of the molecule is CN=C(NCc1cc2ccccc2o1)NC1CCS(=O)(=O)C1.I. The first-order valence-electron chi connectivity index (χ1n) is 7.21. The molecule has 6 nitrogen and oxygen atoms in total. The average Bonchev–Trinajstić information content (AvgIpc) is 3.05. The van der Waals surface area contributed by atoms with E-state index in [4.69, 9.17) is 4.42 Å². The minimum Gasteiger partial charge on any atom is -0.459 e. The number of fused-ring (bicyclic) bond motifs is 1. The zero-order valence-electron chi connectivity index (χ0n) is 12.8. The number of sulfone groups is 1. The molecule has 0 aliphatic carbocycles. The number of nitrogens with zero attached hydrogens (tertiary/aromatic N) is 1. The van der Waals surface area contributed by atoms with Gasteiger partial charge >= 0.3 is 0 Å². The standard InChI is InChI=1S/C15H19N3O3S.HI/c1-16-15(18-12-6-7-22(19,20)10-12)17-9-13-8-11-4-2-3-5-14(11)21-13;/h2-5,8,12H,6-7,9-10H2,1H3,(H2,16,17,18);1H. The summed E-state index contributed by atoms with van der Waals surface area (Å²) >= 11 is 0. The highest BCUT2D eigenvalue weighted by Gasteiger charge is 2.28. The summed E-state index contributed by atoms with van der Waals surface area (Å²) in [6, 6.07) is 9.73. The number of halogens is 1. The van der Waals surface area contributed by atoms with Crippen LogP contribution in [0, 0.1) is 0 Å². The van der Waals surface area contributed by atoms with Crippen LogP contribution in [-0.2, 0) is 16.4 Å². The van der Waals surface area contributed by atoms with Crippen LogP contribution in [-0.4, -0.2) is 39.0 Å². The van der Waals surface area contributed by atoms with E-state index in [2.05, 4.69) is 15.6 Å². The van der Waals surface area contributed by atoms with Crippen LogP contribution in [0.25, 0.3) is 11.0 Å². The Hall–Kier alpha value is -1.29. The molecular formula is C15H20IN3O3S. The second kappa shape index (κ2) is 7.52. The van der Waals surface area contributed by atoms with E-state index in [9.17, 15) is 8.42 Å². The number of aliphatic imine (C=N–C) groups is 1. The van der Waals surface area contributed by atoms with Crippen molar-refractivity contribution < 1.29 is 12.8 Å². The van der Waals surface area contributed by atoms with Crippen LogP contribution in [0.1, 0.15) is 12.2 Å². The Morgan fingerprint density at radius 1 is 1.39 bits per heavy atom. The molecule has 0 saturated carbocycles. The topological polar surface area (TPSA) is 83.7 Å². The van der Waals surface area contributed by atoms with E-state index in [1.165, 1.54) is 0 Å². The molecule has 3 rings (SSSR count). The van der Waals surface area contributed by atoms with Crippen LogP contribution in [0.15, 0.2) is 39.7 Å². The van der Waals surface area contributed by atoms with Crippen molar-refractivity contribution in [3.63, 3.8) is 0 Å². The van der Waals surface area contributed by atoms with Gasteiger partial charge in [-0.25, -0.2) is 8.42 Å². The maximum absolute atomic E-state index is 11.5. The number of guanidine groups is 1. The van der Waals surface area contributed by atoms with Gasteiger partial charge in [-0.1, -0.05) is 18.2 Å². The monoisotopic (exact) mass is 449 g/mol. The molecule has 1 saturated heterocycles. The van der Waals surface area contributed by atoms with Gasteiger partial charge in [0.05, 0.1) is 18.1 Å². The molecule has 23 heavy (non-hydrogen) atoms. The summed E-state index contributed by atoms with van der Waals surface area (Å²) in [5.41, 5.74) is 0.851. The number of hydrogen-bond donors (Lipinski definition) is 2. The lowest BCUT2D eigenvalue weighted by Crippen LogP contribution is -2.43. The maximum atomic E-state index is 11.5. The molecule has 1 atom stereocenters. The summed E-state index contributed by atoms with van der Waals surface area (Å²) in [6.07, 6.45) is 0.619. The number of rotatable bonds is 3. The molecule has 0 bridgehead atoms. The number of para-hydroxylation sites is 1. The second-order valence-electron chi connectivity index (χ2n) is 5.42. The van der Waals surface area contributed by atoms with Crippen LogP contribution < -0.4 is 10.6 Å². The fourth-order valence-corrected chi connectivity index (χ4v) is 4.26. The van der Waals surface area contributed by atoms with E-state index in [-0.39, 0.29) is 41.5 Å². The summed E-state index contributed by atoms with van der Waals surface area (Å²) in [5.74, 6) is 1.80. The summed E-state index contributed by atoms with van der Waals surface area (Å²) in [5, 5.41) is 7.35. The lowest BCUT2D eigenvalue weighted by atomic mass is 10.2. The Bertz CT molecular complexity index is 768. The van der Waals surface area contributed by atoms with Crippen molar-refractivity contribution in [2.75, 3.05) is 18.6 Å². The lowest BCUT2D eigenvalue weighted by molar-refractivity contribution is 0.536. The van der Waals surface area contributed by atoms with Gasteiger partial charge in [0.2, 0.25) is 0 Å². The van der Waals surface area contributed by atoms with Crippen molar-refractivity contribution in [3.05, 3.63) is 36.1 Å². The molecular weight excluding hydrogens is 429 g/mol. The van der Waals surface area contributed by atoms with Crippen molar-refractivity contribution >= 4 is 50.7 Å². The summed E-state index contributed by atoms with van der Waals surface area (Å²) in [4.78, 5) is 4.13. The van der Waals surface area contributed by atoms with E-state index in [0.717, 1.165) is 16.7 Å². The molecule has 0 amide bonds. The third-order valence-corrected chi connectivity index (χ3v) is 5.47.